The summed E-state index contributed by atoms with van der Waals surface area (Å²) in [6.07, 6.45) is -3.78. The highest BCUT2D eigenvalue weighted by molar-refractivity contribution is 5.16. The van der Waals surface area contributed by atoms with Crippen LogP contribution < -0.4 is 0 Å². The van der Waals surface area contributed by atoms with E-state index in [0.29, 0.717) is 12.0 Å². The van der Waals surface area contributed by atoms with Crippen LogP contribution in [0.25, 0.3) is 0 Å². The van der Waals surface area contributed by atoms with Gasteiger partial charge in [-0.05, 0) is 31.2 Å². The third-order valence-electron chi connectivity index (χ3n) is 2.12. The second kappa shape index (κ2) is 5.30. The van der Waals surface area contributed by atoms with Crippen LogP contribution >= 0.6 is 0 Å². The Morgan fingerprint density at radius 1 is 1.25 bits per heavy atom. The Morgan fingerprint density at radius 3 is 2.50 bits per heavy atom. The molecule has 0 amide bonds. The van der Waals surface area contributed by atoms with Crippen molar-refractivity contribution in [1.82, 2.24) is 4.90 Å². The average molecular weight is 235 g/mol. The Bertz CT molecular complexity index is 335. The number of benzene rings is 1. The van der Waals surface area contributed by atoms with E-state index in [1.807, 2.05) is 0 Å². The van der Waals surface area contributed by atoms with Crippen LogP contribution in [0.4, 0.5) is 17.6 Å². The molecule has 0 spiro atoms. The number of halogens is 4. The molecular weight excluding hydrogens is 222 g/mol. The molecule has 0 heterocycles. The molecule has 1 aromatic carbocycles. The van der Waals surface area contributed by atoms with Gasteiger partial charge in [0.1, 0.15) is 5.82 Å². The molecule has 5 heteroatoms. The van der Waals surface area contributed by atoms with Crippen molar-refractivity contribution < 1.29 is 17.6 Å². The van der Waals surface area contributed by atoms with Gasteiger partial charge in [-0.1, -0.05) is 12.1 Å². The van der Waals surface area contributed by atoms with Crippen LogP contribution in [0.2, 0.25) is 0 Å². The lowest BCUT2D eigenvalue weighted by molar-refractivity contribution is -0.142. The van der Waals surface area contributed by atoms with Crippen LogP contribution in [0.15, 0.2) is 24.3 Å². The summed E-state index contributed by atoms with van der Waals surface area (Å²) >= 11 is 0. The molecule has 0 bridgehead atoms. The second-order valence-corrected chi connectivity index (χ2v) is 3.73. The molecule has 0 N–H and O–H groups in total. The summed E-state index contributed by atoms with van der Waals surface area (Å²) in [6.45, 7) is -0.689. The first-order chi connectivity index (χ1) is 7.37. The van der Waals surface area contributed by atoms with Crippen LogP contribution in [0.1, 0.15) is 5.56 Å². The van der Waals surface area contributed by atoms with Crippen LogP contribution in [-0.4, -0.2) is 31.2 Å². The number of nitrogens with zero attached hydrogens (tertiary/aromatic N) is 1. The monoisotopic (exact) mass is 235 g/mol. The van der Waals surface area contributed by atoms with Crippen LogP contribution in [0, 0.1) is 5.82 Å². The molecule has 0 aromatic heterocycles. The van der Waals surface area contributed by atoms with Gasteiger partial charge in [0.05, 0.1) is 6.54 Å². The zero-order valence-electron chi connectivity index (χ0n) is 8.89. The number of alkyl halides is 3. The van der Waals surface area contributed by atoms with Gasteiger partial charge in [0.15, 0.2) is 0 Å². The number of likely N-dealkylation sites (N-methyl/N-ethyl adjacent to an activating group) is 1. The largest absolute Gasteiger partial charge is 0.401 e. The van der Waals surface area contributed by atoms with Gasteiger partial charge in [0.2, 0.25) is 0 Å². The minimum Gasteiger partial charge on any atom is -0.298 e. The Kier molecular flexibility index (Phi) is 4.29. The van der Waals surface area contributed by atoms with Gasteiger partial charge in [0.25, 0.3) is 0 Å². The van der Waals surface area contributed by atoms with Gasteiger partial charge in [-0.3, -0.25) is 4.90 Å². The Morgan fingerprint density at radius 2 is 1.94 bits per heavy atom. The lowest BCUT2D eigenvalue weighted by Crippen LogP contribution is -2.32. The molecule has 16 heavy (non-hydrogen) atoms. The van der Waals surface area contributed by atoms with E-state index < -0.39 is 12.7 Å². The summed E-state index contributed by atoms with van der Waals surface area (Å²) in [5.41, 5.74) is 0.703. The van der Waals surface area contributed by atoms with E-state index in [0.717, 1.165) is 0 Å². The summed E-state index contributed by atoms with van der Waals surface area (Å²) < 4.78 is 48.8. The first-order valence-corrected chi connectivity index (χ1v) is 4.86. The second-order valence-electron chi connectivity index (χ2n) is 3.73. The molecule has 1 rings (SSSR count). The zero-order chi connectivity index (χ0) is 12.2. The maximum absolute atomic E-state index is 12.8. The standard InChI is InChI=1S/C11H13F4N/c1-16(8-11(13,14)15)6-5-9-3-2-4-10(12)7-9/h2-4,7H,5-6,8H2,1H3. The van der Waals surface area contributed by atoms with E-state index in [1.165, 1.54) is 24.1 Å². The summed E-state index contributed by atoms with van der Waals surface area (Å²) in [6, 6.07) is 5.89. The van der Waals surface area contributed by atoms with Gasteiger partial charge in [-0.2, -0.15) is 13.2 Å². The molecule has 0 saturated heterocycles. The first kappa shape index (κ1) is 13.0. The van der Waals surface area contributed by atoms with Gasteiger partial charge >= 0.3 is 6.18 Å². The highest BCUT2D eigenvalue weighted by Gasteiger charge is 2.28. The quantitative estimate of drug-likeness (QED) is 0.725. The van der Waals surface area contributed by atoms with Crippen molar-refractivity contribution in [3.63, 3.8) is 0 Å². The third-order valence-corrected chi connectivity index (χ3v) is 2.12. The van der Waals surface area contributed by atoms with E-state index >= 15 is 0 Å². The molecule has 0 aliphatic carbocycles. The predicted octanol–water partition coefficient (Wildman–Crippen LogP) is 2.86. The van der Waals surface area contributed by atoms with Crippen molar-refractivity contribution in [3.8, 4) is 0 Å². The van der Waals surface area contributed by atoms with Gasteiger partial charge in [0, 0.05) is 6.54 Å². The summed E-state index contributed by atoms with van der Waals surface area (Å²) in [4.78, 5) is 1.17. The summed E-state index contributed by atoms with van der Waals surface area (Å²) in [5, 5.41) is 0. The molecule has 0 saturated carbocycles. The normalized spacial score (nSPS) is 12.1. The smallest absolute Gasteiger partial charge is 0.298 e. The molecule has 1 nitrogen and oxygen atoms in total. The Labute approximate surface area is 91.7 Å². The minimum atomic E-state index is -4.18. The maximum Gasteiger partial charge on any atom is 0.401 e. The van der Waals surface area contributed by atoms with Crippen molar-refractivity contribution in [3.05, 3.63) is 35.6 Å². The van der Waals surface area contributed by atoms with Crippen LogP contribution in [0.5, 0.6) is 0 Å². The molecule has 90 valence electrons. The average Bonchev–Trinajstić information content (AvgIpc) is 2.12. The summed E-state index contributed by atoms with van der Waals surface area (Å²) in [7, 11) is 1.40. The van der Waals surface area contributed by atoms with Gasteiger partial charge in [-0.25, -0.2) is 4.39 Å². The summed E-state index contributed by atoms with van der Waals surface area (Å²) in [5.74, 6) is -0.365. The number of hydrogen-bond donors (Lipinski definition) is 0. The van der Waals surface area contributed by atoms with E-state index in [-0.39, 0.29) is 12.4 Å². The zero-order valence-corrected chi connectivity index (χ0v) is 8.89. The topological polar surface area (TPSA) is 3.24 Å². The first-order valence-electron chi connectivity index (χ1n) is 4.86. The fourth-order valence-corrected chi connectivity index (χ4v) is 1.40. The van der Waals surface area contributed by atoms with Crippen LogP contribution in [-0.2, 0) is 6.42 Å². The van der Waals surface area contributed by atoms with E-state index in [1.54, 1.807) is 12.1 Å². The molecule has 0 unspecified atom stereocenters. The van der Waals surface area contributed by atoms with Crippen molar-refractivity contribution in [2.45, 2.75) is 12.6 Å². The molecule has 0 atom stereocenters. The predicted molar refractivity (Wildman–Crippen MR) is 53.7 cm³/mol. The fourth-order valence-electron chi connectivity index (χ4n) is 1.40. The Balaban J connectivity index is 2.40. The highest BCUT2D eigenvalue weighted by Crippen LogP contribution is 2.15. The Hall–Kier alpha value is -1.10. The highest BCUT2D eigenvalue weighted by atomic mass is 19.4. The van der Waals surface area contributed by atoms with Crippen LogP contribution in [0.3, 0.4) is 0 Å². The molecule has 0 radical (unpaired) electrons. The van der Waals surface area contributed by atoms with Gasteiger partial charge < -0.3 is 0 Å². The van der Waals surface area contributed by atoms with Crippen molar-refractivity contribution >= 4 is 0 Å². The lowest BCUT2D eigenvalue weighted by atomic mass is 10.1. The number of hydrogen-bond acceptors (Lipinski definition) is 1. The third kappa shape index (κ3) is 5.11. The van der Waals surface area contributed by atoms with E-state index in [2.05, 4.69) is 0 Å². The fraction of sp³-hybridized carbons (Fsp3) is 0.455. The number of rotatable bonds is 4. The molecule has 0 fully saturated rings. The van der Waals surface area contributed by atoms with E-state index in [9.17, 15) is 17.6 Å². The van der Waals surface area contributed by atoms with E-state index in [4.69, 9.17) is 0 Å². The van der Waals surface area contributed by atoms with Gasteiger partial charge in [-0.15, -0.1) is 0 Å². The molecular formula is C11H13F4N. The maximum atomic E-state index is 12.8. The van der Waals surface area contributed by atoms with Crippen molar-refractivity contribution in [2.75, 3.05) is 20.1 Å². The molecule has 0 aliphatic heterocycles. The van der Waals surface area contributed by atoms with Crippen molar-refractivity contribution in [2.24, 2.45) is 0 Å². The molecule has 0 aliphatic rings. The SMILES string of the molecule is CN(CCc1cccc(F)c1)CC(F)(F)F. The van der Waals surface area contributed by atoms with Crippen molar-refractivity contribution in [1.29, 1.82) is 0 Å². The lowest BCUT2D eigenvalue weighted by Gasteiger charge is -2.18. The minimum absolute atomic E-state index is 0.253. The molecule has 1 aromatic rings.